The van der Waals surface area contributed by atoms with Crippen molar-refractivity contribution in [2.24, 2.45) is 0 Å². The lowest BCUT2D eigenvalue weighted by Gasteiger charge is -2.21. The van der Waals surface area contributed by atoms with E-state index in [1.54, 1.807) is 6.66 Å². The Kier molecular flexibility index (Phi) is 5.21. The van der Waals surface area contributed by atoms with Crippen LogP contribution in [-0.2, 0) is 4.57 Å². The number of aryl methyl sites for hydroxylation is 3. The maximum atomic E-state index is 12.8. The molecule has 0 bridgehead atoms. The van der Waals surface area contributed by atoms with E-state index < -0.39 is 7.52 Å². The summed E-state index contributed by atoms with van der Waals surface area (Å²) in [5.74, 6) is 1.09. The molecule has 0 aliphatic carbocycles. The van der Waals surface area contributed by atoms with E-state index in [-0.39, 0.29) is 0 Å². The van der Waals surface area contributed by atoms with Crippen LogP contribution in [0.25, 0.3) is 0 Å². The number of benzene rings is 2. The molecule has 0 heterocycles. The van der Waals surface area contributed by atoms with Crippen molar-refractivity contribution in [3.63, 3.8) is 0 Å². The summed E-state index contributed by atoms with van der Waals surface area (Å²) in [6, 6.07) is 11.9. The minimum absolute atomic E-state index is 0.466. The molecule has 0 saturated heterocycles. The smallest absolute Gasteiger partial charge is 0.338 e. The number of hydrogen-bond donors (Lipinski definition) is 1. The molecule has 124 valence electrons. The highest BCUT2D eigenvalue weighted by Crippen LogP contribution is 2.45. The van der Waals surface area contributed by atoms with Gasteiger partial charge in [-0.2, -0.15) is 0 Å². The van der Waals surface area contributed by atoms with Gasteiger partial charge in [-0.1, -0.05) is 43.7 Å². The van der Waals surface area contributed by atoms with Gasteiger partial charge in [0, 0.05) is 12.4 Å². The third-order valence-electron chi connectivity index (χ3n) is 3.82. The molecular formula is C19H26NO2P. The van der Waals surface area contributed by atoms with Crippen LogP contribution in [0.15, 0.2) is 36.4 Å². The summed E-state index contributed by atoms with van der Waals surface area (Å²) >= 11 is 0. The largest absolute Gasteiger partial charge is 0.429 e. The fourth-order valence-electron chi connectivity index (χ4n) is 2.70. The normalized spacial score (nSPS) is 13.7. The molecule has 3 nitrogen and oxygen atoms in total. The van der Waals surface area contributed by atoms with Crippen LogP contribution >= 0.6 is 7.52 Å². The van der Waals surface area contributed by atoms with Gasteiger partial charge in [0.2, 0.25) is 0 Å². The summed E-state index contributed by atoms with van der Waals surface area (Å²) in [7, 11) is -2.99. The molecule has 2 aromatic carbocycles. The number of anilines is 1. The predicted molar refractivity (Wildman–Crippen MR) is 99.0 cm³/mol. The summed E-state index contributed by atoms with van der Waals surface area (Å²) < 4.78 is 18.6. The van der Waals surface area contributed by atoms with Gasteiger partial charge in [-0.05, 0) is 55.5 Å². The van der Waals surface area contributed by atoms with Crippen LogP contribution in [0.2, 0.25) is 0 Å². The Bertz CT molecular complexity index is 713. The van der Waals surface area contributed by atoms with E-state index >= 15 is 0 Å². The van der Waals surface area contributed by atoms with E-state index in [2.05, 4.69) is 38.0 Å². The molecule has 1 N–H and O–H groups in total. The Balaban J connectivity index is 2.18. The van der Waals surface area contributed by atoms with Crippen LogP contribution in [0.3, 0.4) is 0 Å². The Morgan fingerprint density at radius 3 is 2.00 bits per heavy atom. The Hall–Kier alpha value is -1.73. The van der Waals surface area contributed by atoms with Crippen molar-refractivity contribution in [3.05, 3.63) is 58.7 Å². The van der Waals surface area contributed by atoms with Gasteiger partial charge in [-0.3, -0.25) is 4.57 Å². The van der Waals surface area contributed by atoms with Crippen molar-refractivity contribution in [3.8, 4) is 5.75 Å². The molecule has 0 aliphatic heterocycles. The molecule has 4 heteroatoms. The first-order valence-electron chi connectivity index (χ1n) is 7.91. The fraction of sp³-hybridized carbons (Fsp3) is 0.368. The number of rotatable bonds is 5. The maximum Gasteiger partial charge on any atom is 0.338 e. The minimum Gasteiger partial charge on any atom is -0.429 e. The van der Waals surface area contributed by atoms with Crippen LogP contribution in [0, 0.1) is 20.8 Å². The molecule has 0 saturated carbocycles. The van der Waals surface area contributed by atoms with Gasteiger partial charge in [0.1, 0.15) is 5.75 Å². The van der Waals surface area contributed by atoms with Crippen LogP contribution in [0.1, 0.15) is 42.0 Å². The summed E-state index contributed by atoms with van der Waals surface area (Å²) in [6.07, 6.45) is 0. The molecule has 0 fully saturated rings. The van der Waals surface area contributed by atoms with Crippen molar-refractivity contribution >= 4 is 13.2 Å². The van der Waals surface area contributed by atoms with E-state index in [4.69, 9.17) is 4.52 Å². The average Bonchev–Trinajstić information content (AvgIpc) is 2.43. The van der Waals surface area contributed by atoms with E-state index in [0.29, 0.717) is 11.7 Å². The lowest BCUT2D eigenvalue weighted by atomic mass is 10.0. The minimum atomic E-state index is -2.99. The first-order chi connectivity index (χ1) is 10.7. The van der Waals surface area contributed by atoms with Gasteiger partial charge in [0.15, 0.2) is 0 Å². The molecule has 0 radical (unpaired) electrons. The Labute approximate surface area is 139 Å². The van der Waals surface area contributed by atoms with Gasteiger partial charge in [-0.25, -0.2) is 0 Å². The van der Waals surface area contributed by atoms with Crippen molar-refractivity contribution in [1.29, 1.82) is 0 Å². The molecule has 0 aromatic heterocycles. The molecule has 1 unspecified atom stereocenters. The van der Waals surface area contributed by atoms with E-state index in [1.807, 2.05) is 38.1 Å². The van der Waals surface area contributed by atoms with Gasteiger partial charge >= 0.3 is 7.52 Å². The molecule has 0 amide bonds. The second-order valence-electron chi connectivity index (χ2n) is 6.55. The molecule has 1 atom stereocenters. The molecule has 0 spiro atoms. The highest BCUT2D eigenvalue weighted by atomic mass is 31.2. The van der Waals surface area contributed by atoms with Crippen LogP contribution < -0.4 is 9.61 Å². The summed E-state index contributed by atoms with van der Waals surface area (Å²) in [6.45, 7) is 12.0. The van der Waals surface area contributed by atoms with Crippen molar-refractivity contribution in [2.45, 2.75) is 40.5 Å². The molecule has 0 aliphatic rings. The zero-order valence-corrected chi connectivity index (χ0v) is 15.7. The summed E-state index contributed by atoms with van der Waals surface area (Å²) in [5, 5.41) is 3.10. The Morgan fingerprint density at radius 2 is 1.52 bits per heavy atom. The first kappa shape index (κ1) is 17.6. The quantitative estimate of drug-likeness (QED) is 0.678. The van der Waals surface area contributed by atoms with Crippen molar-refractivity contribution in [1.82, 2.24) is 0 Å². The standard InChI is InChI=1S/C19H26NO2P/c1-13(2)17-7-9-18(10-8-17)22-23(6,21)20-19-15(4)11-14(3)12-16(19)5/h7-13H,1-6H3,(H,20,21). The lowest BCUT2D eigenvalue weighted by Crippen LogP contribution is -2.05. The molecular weight excluding hydrogens is 305 g/mol. The highest BCUT2D eigenvalue weighted by Gasteiger charge is 2.19. The summed E-state index contributed by atoms with van der Waals surface area (Å²) in [5.41, 5.74) is 5.47. The van der Waals surface area contributed by atoms with Gasteiger partial charge in [0.05, 0.1) is 0 Å². The zero-order chi connectivity index (χ0) is 17.2. The highest BCUT2D eigenvalue weighted by molar-refractivity contribution is 7.60. The van der Waals surface area contributed by atoms with Crippen molar-refractivity contribution in [2.75, 3.05) is 11.8 Å². The second kappa shape index (κ2) is 6.80. The number of hydrogen-bond acceptors (Lipinski definition) is 2. The average molecular weight is 331 g/mol. The van der Waals surface area contributed by atoms with Crippen LogP contribution in [0.4, 0.5) is 5.69 Å². The topological polar surface area (TPSA) is 38.3 Å². The monoisotopic (exact) mass is 331 g/mol. The third-order valence-corrected chi connectivity index (χ3v) is 5.01. The maximum absolute atomic E-state index is 12.8. The van der Waals surface area contributed by atoms with Crippen molar-refractivity contribution < 1.29 is 9.09 Å². The van der Waals surface area contributed by atoms with Gasteiger partial charge in [-0.15, -0.1) is 0 Å². The second-order valence-corrected chi connectivity index (χ2v) is 8.64. The fourth-order valence-corrected chi connectivity index (χ4v) is 4.03. The number of nitrogens with one attached hydrogen (secondary N) is 1. The van der Waals surface area contributed by atoms with Gasteiger partial charge in [0.25, 0.3) is 0 Å². The van der Waals surface area contributed by atoms with E-state index in [1.165, 1.54) is 11.1 Å². The van der Waals surface area contributed by atoms with Gasteiger partial charge < -0.3 is 9.61 Å². The molecule has 2 rings (SSSR count). The first-order valence-corrected chi connectivity index (χ1v) is 9.98. The van der Waals surface area contributed by atoms with E-state index in [9.17, 15) is 4.57 Å². The summed E-state index contributed by atoms with van der Waals surface area (Å²) in [4.78, 5) is 0. The Morgan fingerprint density at radius 1 is 1.00 bits per heavy atom. The predicted octanol–water partition coefficient (Wildman–Crippen LogP) is 6.05. The van der Waals surface area contributed by atoms with E-state index in [0.717, 1.165) is 16.8 Å². The van der Waals surface area contributed by atoms with Crippen LogP contribution in [-0.4, -0.2) is 6.66 Å². The zero-order valence-electron chi connectivity index (χ0n) is 14.8. The SMILES string of the molecule is Cc1cc(C)c(NP(C)(=O)Oc2ccc(C(C)C)cc2)c(C)c1. The molecule has 23 heavy (non-hydrogen) atoms. The lowest BCUT2D eigenvalue weighted by molar-refractivity contribution is 0.493. The third kappa shape index (κ3) is 4.62. The van der Waals surface area contributed by atoms with Crippen LogP contribution in [0.5, 0.6) is 5.75 Å². The molecule has 2 aromatic rings.